The van der Waals surface area contributed by atoms with Crippen molar-refractivity contribution in [2.45, 2.75) is 88.4 Å². The Balaban J connectivity index is 1.33. The predicted octanol–water partition coefficient (Wildman–Crippen LogP) is 1.19. The Morgan fingerprint density at radius 3 is 2.45 bits per heavy atom. The quantitative estimate of drug-likeness (QED) is 0.324. The van der Waals surface area contributed by atoms with E-state index in [1.54, 1.807) is 35.0 Å². The van der Waals surface area contributed by atoms with Crippen molar-refractivity contribution in [3.8, 4) is 0 Å². The van der Waals surface area contributed by atoms with Crippen molar-refractivity contribution in [1.82, 2.24) is 19.8 Å². The normalized spacial score (nSPS) is 22.6. The van der Waals surface area contributed by atoms with E-state index in [1.807, 2.05) is 6.07 Å². The standard InChI is InChI=1S/C28H37N5O7/c1-17(29)26(35)31-23(27(36)37)12-19-15-33(16-30-19)11-10-24(34)40-25(18-6-4-3-5-7-18)28(38)39-22-13-20-8-9-21(14-22)32(20)2/h3-7,15-17,20-23,25H,8-14,29H2,1-2H3,(H,31,35)(H,36,37). The third-order valence-electron chi connectivity index (χ3n) is 7.61. The average Bonchev–Trinajstić information content (AvgIpc) is 3.44. The van der Waals surface area contributed by atoms with Gasteiger partial charge in [-0.3, -0.25) is 9.59 Å². The molecule has 2 fully saturated rings. The molecule has 5 unspecified atom stereocenters. The maximum absolute atomic E-state index is 13.2. The molecule has 2 aromatic rings. The van der Waals surface area contributed by atoms with E-state index in [4.69, 9.17) is 15.2 Å². The predicted molar refractivity (Wildman–Crippen MR) is 143 cm³/mol. The van der Waals surface area contributed by atoms with Crippen LogP contribution in [0.15, 0.2) is 42.9 Å². The van der Waals surface area contributed by atoms with Crippen LogP contribution in [0, 0.1) is 0 Å². The number of hydrogen-bond donors (Lipinski definition) is 3. The first kappa shape index (κ1) is 29.2. The number of fused-ring (bicyclic) bond motifs is 2. The molecule has 4 N–H and O–H groups in total. The zero-order valence-corrected chi connectivity index (χ0v) is 22.8. The van der Waals surface area contributed by atoms with E-state index in [1.165, 1.54) is 13.3 Å². The molecule has 1 aromatic heterocycles. The van der Waals surface area contributed by atoms with E-state index >= 15 is 0 Å². The van der Waals surface area contributed by atoms with Crippen LogP contribution in [0.2, 0.25) is 0 Å². The van der Waals surface area contributed by atoms with Crippen LogP contribution in [-0.2, 0) is 41.6 Å². The summed E-state index contributed by atoms with van der Waals surface area (Å²) < 4.78 is 13.1. The highest BCUT2D eigenvalue weighted by Gasteiger charge is 2.41. The third-order valence-corrected chi connectivity index (χ3v) is 7.61. The van der Waals surface area contributed by atoms with Crippen LogP contribution >= 0.6 is 0 Å². The highest BCUT2D eigenvalue weighted by molar-refractivity contribution is 5.86. The van der Waals surface area contributed by atoms with Gasteiger partial charge in [0.05, 0.1) is 24.5 Å². The van der Waals surface area contributed by atoms with Gasteiger partial charge >= 0.3 is 17.9 Å². The lowest BCUT2D eigenvalue weighted by molar-refractivity contribution is -0.174. The van der Waals surface area contributed by atoms with E-state index < -0.39 is 42.0 Å². The maximum atomic E-state index is 13.2. The number of piperidine rings is 1. The number of nitrogens with one attached hydrogen (secondary N) is 1. The minimum absolute atomic E-state index is 0.0471. The molecule has 1 amide bonds. The van der Waals surface area contributed by atoms with Crippen LogP contribution in [-0.4, -0.2) is 80.7 Å². The second-order valence-electron chi connectivity index (χ2n) is 10.6. The second kappa shape index (κ2) is 13.1. The zero-order chi connectivity index (χ0) is 28.8. The molecule has 0 spiro atoms. The van der Waals surface area contributed by atoms with Crippen molar-refractivity contribution in [2.24, 2.45) is 5.73 Å². The van der Waals surface area contributed by atoms with E-state index in [2.05, 4.69) is 22.2 Å². The Bertz CT molecular complexity index is 1190. The second-order valence-corrected chi connectivity index (χ2v) is 10.6. The number of imidazole rings is 1. The number of carbonyl (C=O) groups is 4. The molecule has 5 atom stereocenters. The fourth-order valence-electron chi connectivity index (χ4n) is 5.32. The van der Waals surface area contributed by atoms with Gasteiger partial charge in [-0.2, -0.15) is 0 Å². The molecule has 4 rings (SSSR count). The molecular formula is C28H37N5O7. The highest BCUT2D eigenvalue weighted by atomic mass is 16.6. The largest absolute Gasteiger partial charge is 0.480 e. The number of benzene rings is 1. The van der Waals surface area contributed by atoms with E-state index in [0.29, 0.717) is 23.3 Å². The van der Waals surface area contributed by atoms with Gasteiger partial charge in [-0.1, -0.05) is 30.3 Å². The lowest BCUT2D eigenvalue weighted by Crippen LogP contribution is -2.48. The first-order valence-corrected chi connectivity index (χ1v) is 13.6. The monoisotopic (exact) mass is 555 g/mol. The Kier molecular flexibility index (Phi) is 9.54. The minimum atomic E-state index is -1.21. The topological polar surface area (TPSA) is 166 Å². The van der Waals surface area contributed by atoms with Gasteiger partial charge in [0.2, 0.25) is 12.0 Å². The van der Waals surface area contributed by atoms with Crippen molar-refractivity contribution in [3.63, 3.8) is 0 Å². The molecule has 12 heteroatoms. The Hall–Kier alpha value is -3.77. The Morgan fingerprint density at radius 1 is 1.15 bits per heavy atom. The number of amides is 1. The van der Waals surface area contributed by atoms with Crippen molar-refractivity contribution in [2.75, 3.05) is 7.05 Å². The number of ether oxygens (including phenoxy) is 2. The molecule has 12 nitrogen and oxygen atoms in total. The van der Waals surface area contributed by atoms with Gasteiger partial charge in [0, 0.05) is 36.8 Å². The lowest BCUT2D eigenvalue weighted by Gasteiger charge is -2.36. The number of carboxylic acids is 1. The molecule has 0 radical (unpaired) electrons. The molecule has 216 valence electrons. The number of carboxylic acid groups (broad SMARTS) is 1. The third kappa shape index (κ3) is 7.45. The summed E-state index contributed by atoms with van der Waals surface area (Å²) >= 11 is 0. The van der Waals surface area contributed by atoms with E-state index in [0.717, 1.165) is 25.7 Å². The number of nitrogens with zero attached hydrogens (tertiary/aromatic N) is 3. The summed E-state index contributed by atoms with van der Waals surface area (Å²) in [5.41, 5.74) is 6.46. The summed E-state index contributed by atoms with van der Waals surface area (Å²) in [6, 6.07) is 7.58. The number of rotatable bonds is 12. The first-order valence-electron chi connectivity index (χ1n) is 13.6. The molecule has 1 aromatic carbocycles. The van der Waals surface area contributed by atoms with Gasteiger partial charge in [0.25, 0.3) is 0 Å². The van der Waals surface area contributed by atoms with Gasteiger partial charge in [-0.25, -0.2) is 14.6 Å². The number of aryl methyl sites for hydroxylation is 1. The van der Waals surface area contributed by atoms with Crippen LogP contribution in [0.4, 0.5) is 0 Å². The SMILES string of the molecule is CC(N)C(=O)NC(Cc1cn(CCC(=O)OC(C(=O)OC2CC3CCC(C2)N3C)c2ccccc2)cn1)C(=O)O. The van der Waals surface area contributed by atoms with Crippen LogP contribution < -0.4 is 11.1 Å². The molecule has 2 aliphatic heterocycles. The first-order chi connectivity index (χ1) is 19.1. The van der Waals surface area contributed by atoms with Gasteiger partial charge in [-0.05, 0) is 39.7 Å². The van der Waals surface area contributed by atoms with Crippen LogP contribution in [0.25, 0.3) is 0 Å². The molecule has 40 heavy (non-hydrogen) atoms. The number of carbonyl (C=O) groups excluding carboxylic acids is 3. The summed E-state index contributed by atoms with van der Waals surface area (Å²) in [6.07, 6.45) is 5.33. The van der Waals surface area contributed by atoms with Crippen molar-refractivity contribution >= 4 is 23.8 Å². The Labute approximate surface area is 232 Å². The average molecular weight is 556 g/mol. The minimum Gasteiger partial charge on any atom is -0.480 e. The van der Waals surface area contributed by atoms with Crippen molar-refractivity contribution in [1.29, 1.82) is 0 Å². The fourth-order valence-corrected chi connectivity index (χ4v) is 5.32. The smallest absolute Gasteiger partial charge is 0.352 e. The summed E-state index contributed by atoms with van der Waals surface area (Å²) in [6.45, 7) is 1.66. The highest BCUT2D eigenvalue weighted by Crippen LogP contribution is 2.36. The van der Waals surface area contributed by atoms with Gasteiger partial charge in [0.1, 0.15) is 12.1 Å². The van der Waals surface area contributed by atoms with Gasteiger partial charge in [-0.15, -0.1) is 0 Å². The summed E-state index contributed by atoms with van der Waals surface area (Å²) in [5, 5.41) is 11.8. The molecule has 2 aliphatic rings. The van der Waals surface area contributed by atoms with Crippen LogP contribution in [0.5, 0.6) is 0 Å². The van der Waals surface area contributed by atoms with Crippen LogP contribution in [0.3, 0.4) is 0 Å². The summed E-state index contributed by atoms with van der Waals surface area (Å²) in [5.74, 6) is -2.95. The number of nitrogens with two attached hydrogens (primary N) is 1. The maximum Gasteiger partial charge on any atom is 0.352 e. The number of aromatic nitrogens is 2. The van der Waals surface area contributed by atoms with Crippen molar-refractivity contribution < 1.29 is 33.8 Å². The van der Waals surface area contributed by atoms with Crippen molar-refractivity contribution in [3.05, 3.63) is 54.1 Å². The summed E-state index contributed by atoms with van der Waals surface area (Å²) in [4.78, 5) is 55.9. The molecule has 0 saturated carbocycles. The van der Waals surface area contributed by atoms with Gasteiger partial charge in [0.15, 0.2) is 0 Å². The zero-order valence-electron chi connectivity index (χ0n) is 22.8. The number of hydrogen-bond acceptors (Lipinski definition) is 9. The lowest BCUT2D eigenvalue weighted by atomic mass is 10.0. The Morgan fingerprint density at radius 2 is 1.82 bits per heavy atom. The van der Waals surface area contributed by atoms with E-state index in [-0.39, 0.29) is 25.5 Å². The molecule has 0 aliphatic carbocycles. The molecular weight excluding hydrogens is 518 g/mol. The summed E-state index contributed by atoms with van der Waals surface area (Å²) in [7, 11) is 2.11. The number of aliphatic carboxylic acids is 1. The molecule has 2 saturated heterocycles. The van der Waals surface area contributed by atoms with E-state index in [9.17, 15) is 24.3 Å². The number of esters is 2. The molecule has 3 heterocycles. The molecule has 2 bridgehead atoms. The van der Waals surface area contributed by atoms with Gasteiger partial charge < -0.3 is 35.1 Å². The van der Waals surface area contributed by atoms with Crippen LogP contribution in [0.1, 0.15) is 56.4 Å². The fraction of sp³-hybridized carbons (Fsp3) is 0.536.